The molecule has 0 aliphatic heterocycles. The summed E-state index contributed by atoms with van der Waals surface area (Å²) < 4.78 is 7.08. The van der Waals surface area contributed by atoms with Crippen molar-refractivity contribution in [2.24, 2.45) is 0 Å². The molecule has 3 rings (SSSR count). The van der Waals surface area contributed by atoms with E-state index >= 15 is 0 Å². The van der Waals surface area contributed by atoms with Crippen LogP contribution in [0, 0.1) is 11.3 Å². The first kappa shape index (κ1) is 13.3. The van der Waals surface area contributed by atoms with E-state index in [1.54, 1.807) is 42.0 Å². The van der Waals surface area contributed by atoms with Crippen molar-refractivity contribution in [3.05, 3.63) is 47.0 Å². The van der Waals surface area contributed by atoms with Crippen LogP contribution in [0.5, 0.6) is 5.75 Å². The van der Waals surface area contributed by atoms with Gasteiger partial charge in [-0.2, -0.15) is 5.26 Å². The first-order valence-electron chi connectivity index (χ1n) is 6.16. The highest BCUT2D eigenvalue weighted by molar-refractivity contribution is 6.30. The smallest absolute Gasteiger partial charge is 0.206 e. The maximum Gasteiger partial charge on any atom is 0.206 e. The van der Waals surface area contributed by atoms with Gasteiger partial charge in [-0.3, -0.25) is 4.57 Å². The van der Waals surface area contributed by atoms with Gasteiger partial charge in [-0.1, -0.05) is 17.7 Å². The number of ether oxygens (including phenoxy) is 1. The van der Waals surface area contributed by atoms with E-state index in [9.17, 15) is 0 Å². The summed E-state index contributed by atoms with van der Waals surface area (Å²) in [7, 11) is 1.57. The van der Waals surface area contributed by atoms with E-state index < -0.39 is 0 Å². The number of imidazole rings is 1. The SMILES string of the molecule is COc1ccc(Cl)cc1-n1c(N)nc2c(C#N)cccc21. The lowest BCUT2D eigenvalue weighted by Crippen LogP contribution is -2.02. The number of aromatic nitrogens is 2. The number of nitrogens with zero attached hydrogens (tertiary/aromatic N) is 3. The zero-order valence-electron chi connectivity index (χ0n) is 11.2. The summed E-state index contributed by atoms with van der Waals surface area (Å²) in [6, 6.07) is 12.7. The Morgan fingerprint density at radius 2 is 2.14 bits per heavy atom. The van der Waals surface area contributed by atoms with Crippen LogP contribution in [0.2, 0.25) is 5.02 Å². The van der Waals surface area contributed by atoms with Gasteiger partial charge in [-0.25, -0.2) is 4.98 Å². The summed E-state index contributed by atoms with van der Waals surface area (Å²) >= 11 is 6.07. The van der Waals surface area contributed by atoms with Crippen LogP contribution >= 0.6 is 11.6 Å². The maximum atomic E-state index is 9.17. The fraction of sp³-hybridized carbons (Fsp3) is 0.0667. The van der Waals surface area contributed by atoms with Crippen molar-refractivity contribution >= 4 is 28.6 Å². The van der Waals surface area contributed by atoms with Crippen LogP contribution in [0.4, 0.5) is 5.95 Å². The average Bonchev–Trinajstić information content (AvgIpc) is 2.82. The second-order valence-electron chi connectivity index (χ2n) is 4.41. The van der Waals surface area contributed by atoms with Gasteiger partial charge in [0.25, 0.3) is 0 Å². The number of hydrogen-bond donors (Lipinski definition) is 1. The molecule has 0 fully saturated rings. The van der Waals surface area contributed by atoms with Gasteiger partial charge in [0.05, 0.1) is 23.9 Å². The molecule has 0 atom stereocenters. The number of methoxy groups -OCH3 is 1. The molecule has 0 saturated carbocycles. The van der Waals surface area contributed by atoms with E-state index in [4.69, 9.17) is 27.3 Å². The lowest BCUT2D eigenvalue weighted by molar-refractivity contribution is 0.413. The van der Waals surface area contributed by atoms with Gasteiger partial charge in [0, 0.05) is 5.02 Å². The van der Waals surface area contributed by atoms with Crippen LogP contribution in [0.25, 0.3) is 16.7 Å². The number of halogens is 1. The molecule has 6 heteroatoms. The molecule has 2 N–H and O–H groups in total. The Balaban J connectivity index is 2.39. The minimum atomic E-state index is 0.272. The van der Waals surface area contributed by atoms with Crippen LogP contribution in [0.1, 0.15) is 5.56 Å². The molecule has 0 amide bonds. The molecule has 21 heavy (non-hydrogen) atoms. The fourth-order valence-electron chi connectivity index (χ4n) is 2.30. The summed E-state index contributed by atoms with van der Waals surface area (Å²) in [6.45, 7) is 0. The van der Waals surface area contributed by atoms with Crippen molar-refractivity contribution in [3.8, 4) is 17.5 Å². The van der Waals surface area contributed by atoms with Gasteiger partial charge in [-0.15, -0.1) is 0 Å². The summed E-state index contributed by atoms with van der Waals surface area (Å²) in [5.74, 6) is 0.890. The number of fused-ring (bicyclic) bond motifs is 1. The summed E-state index contributed by atoms with van der Waals surface area (Å²) in [6.07, 6.45) is 0. The number of para-hydroxylation sites is 1. The fourth-order valence-corrected chi connectivity index (χ4v) is 2.46. The topological polar surface area (TPSA) is 76.9 Å². The third-order valence-corrected chi connectivity index (χ3v) is 3.45. The Kier molecular flexibility index (Phi) is 3.16. The first-order valence-corrected chi connectivity index (χ1v) is 6.54. The van der Waals surface area contributed by atoms with E-state index in [1.807, 2.05) is 6.07 Å². The van der Waals surface area contributed by atoms with E-state index in [0.29, 0.717) is 27.5 Å². The highest BCUT2D eigenvalue weighted by Crippen LogP contribution is 2.32. The molecule has 1 aromatic heterocycles. The molecular formula is C15H11ClN4O. The van der Waals surface area contributed by atoms with Crippen LogP contribution in [-0.2, 0) is 0 Å². The number of anilines is 1. The molecule has 1 heterocycles. The normalized spacial score (nSPS) is 10.5. The number of hydrogen-bond acceptors (Lipinski definition) is 4. The monoisotopic (exact) mass is 298 g/mol. The highest BCUT2D eigenvalue weighted by Gasteiger charge is 2.16. The summed E-state index contributed by atoms with van der Waals surface area (Å²) in [5, 5.41) is 9.72. The first-order chi connectivity index (χ1) is 10.2. The van der Waals surface area contributed by atoms with Crippen LogP contribution in [0.3, 0.4) is 0 Å². The highest BCUT2D eigenvalue weighted by atomic mass is 35.5. The van der Waals surface area contributed by atoms with Crippen LogP contribution in [0.15, 0.2) is 36.4 Å². The standard InChI is InChI=1S/C15H11ClN4O/c1-21-13-6-5-10(16)7-12(13)20-11-4-2-3-9(8-17)14(11)19-15(20)18/h2-7H,1H3,(H2,18,19). The number of benzene rings is 2. The molecule has 0 unspecified atom stereocenters. The van der Waals surface area contributed by atoms with Crippen molar-refractivity contribution in [3.63, 3.8) is 0 Å². The predicted molar refractivity (Wildman–Crippen MR) is 81.8 cm³/mol. The van der Waals surface area contributed by atoms with Crippen molar-refractivity contribution in [1.29, 1.82) is 5.26 Å². The Bertz CT molecular complexity index is 879. The lowest BCUT2D eigenvalue weighted by Gasteiger charge is -2.12. The van der Waals surface area contributed by atoms with Crippen LogP contribution in [-0.4, -0.2) is 16.7 Å². The number of nitriles is 1. The average molecular weight is 299 g/mol. The van der Waals surface area contributed by atoms with Gasteiger partial charge >= 0.3 is 0 Å². The van der Waals surface area contributed by atoms with Crippen molar-refractivity contribution in [2.45, 2.75) is 0 Å². The van der Waals surface area contributed by atoms with Crippen LogP contribution < -0.4 is 10.5 Å². The Morgan fingerprint density at radius 3 is 2.86 bits per heavy atom. The van der Waals surface area contributed by atoms with Gasteiger partial charge in [0.15, 0.2) is 0 Å². The molecule has 0 spiro atoms. The number of rotatable bonds is 2. The third kappa shape index (κ3) is 2.06. The van der Waals surface area contributed by atoms with Gasteiger partial charge in [-0.05, 0) is 30.3 Å². The molecule has 0 saturated heterocycles. The van der Waals surface area contributed by atoms with E-state index in [2.05, 4.69) is 11.1 Å². The van der Waals surface area contributed by atoms with Gasteiger partial charge in [0.1, 0.15) is 17.3 Å². The third-order valence-electron chi connectivity index (χ3n) is 3.21. The summed E-state index contributed by atoms with van der Waals surface area (Å²) in [4.78, 5) is 4.28. The minimum Gasteiger partial charge on any atom is -0.495 e. The molecular weight excluding hydrogens is 288 g/mol. The van der Waals surface area contributed by atoms with E-state index in [0.717, 1.165) is 5.52 Å². The molecule has 0 bridgehead atoms. The quantitative estimate of drug-likeness (QED) is 0.788. The Morgan fingerprint density at radius 1 is 1.33 bits per heavy atom. The maximum absolute atomic E-state index is 9.17. The Hall–Kier alpha value is -2.71. The van der Waals surface area contributed by atoms with Crippen molar-refractivity contribution < 1.29 is 4.74 Å². The molecule has 2 aromatic carbocycles. The predicted octanol–water partition coefficient (Wildman–Crippen LogP) is 3.14. The second kappa shape index (κ2) is 5.00. The molecule has 0 aliphatic rings. The van der Waals surface area contributed by atoms with E-state index in [-0.39, 0.29) is 5.95 Å². The lowest BCUT2D eigenvalue weighted by atomic mass is 10.2. The van der Waals surface area contributed by atoms with Gasteiger partial charge in [0.2, 0.25) is 5.95 Å². The molecule has 104 valence electrons. The van der Waals surface area contributed by atoms with E-state index in [1.165, 1.54) is 0 Å². The molecule has 3 aromatic rings. The summed E-state index contributed by atoms with van der Waals surface area (Å²) in [5.41, 5.74) is 8.46. The van der Waals surface area contributed by atoms with Gasteiger partial charge < -0.3 is 10.5 Å². The van der Waals surface area contributed by atoms with Crippen molar-refractivity contribution in [1.82, 2.24) is 9.55 Å². The number of nitrogens with two attached hydrogens (primary N) is 1. The largest absolute Gasteiger partial charge is 0.495 e. The molecule has 5 nitrogen and oxygen atoms in total. The minimum absolute atomic E-state index is 0.272. The molecule has 0 radical (unpaired) electrons. The number of nitrogen functional groups attached to an aromatic ring is 1. The zero-order chi connectivity index (χ0) is 15.0. The molecule has 0 aliphatic carbocycles. The van der Waals surface area contributed by atoms with Crippen molar-refractivity contribution in [2.75, 3.05) is 12.8 Å². The zero-order valence-corrected chi connectivity index (χ0v) is 11.9. The Labute approximate surface area is 126 Å². The second-order valence-corrected chi connectivity index (χ2v) is 4.84.